The van der Waals surface area contributed by atoms with Gasteiger partial charge in [-0.15, -0.1) is 0 Å². The van der Waals surface area contributed by atoms with Gasteiger partial charge < -0.3 is 19.6 Å². The third-order valence-electron chi connectivity index (χ3n) is 9.11. The summed E-state index contributed by atoms with van der Waals surface area (Å²) in [6.07, 6.45) is 8.26. The number of halogens is 2. The molecule has 0 N–H and O–H groups in total. The summed E-state index contributed by atoms with van der Waals surface area (Å²) in [4.78, 5) is 37.4. The molecule has 1 aliphatic carbocycles. The van der Waals surface area contributed by atoms with E-state index in [4.69, 9.17) is 4.99 Å². The van der Waals surface area contributed by atoms with Gasteiger partial charge in [0.05, 0.1) is 18.4 Å². The number of hydrogen-bond acceptors (Lipinski definition) is 8. The number of amides is 1. The van der Waals surface area contributed by atoms with Crippen molar-refractivity contribution in [1.29, 1.82) is 0 Å². The van der Waals surface area contributed by atoms with Crippen molar-refractivity contribution in [3.05, 3.63) is 24.5 Å². The average Bonchev–Trinajstić information content (AvgIpc) is 3.76. The Morgan fingerprint density at radius 2 is 1.88 bits per heavy atom. The summed E-state index contributed by atoms with van der Waals surface area (Å²) in [6.45, 7) is 16.7. The topological polar surface area (TPSA) is 71.4 Å². The van der Waals surface area contributed by atoms with Crippen LogP contribution in [0.4, 0.5) is 16.0 Å². The molecule has 0 aromatic carbocycles. The van der Waals surface area contributed by atoms with Crippen molar-refractivity contribution in [3.63, 3.8) is 0 Å². The zero-order valence-electron chi connectivity index (χ0n) is 24.1. The Labute approximate surface area is 252 Å². The molecule has 4 aliphatic rings. The molecule has 40 heavy (non-hydrogen) atoms. The molecule has 0 bridgehead atoms. The van der Waals surface area contributed by atoms with Crippen molar-refractivity contribution in [2.45, 2.75) is 74.8 Å². The summed E-state index contributed by atoms with van der Waals surface area (Å²) < 4.78 is 13.3. The van der Waals surface area contributed by atoms with E-state index in [0.717, 1.165) is 63.7 Å². The quantitative estimate of drug-likeness (QED) is 0.213. The van der Waals surface area contributed by atoms with Crippen molar-refractivity contribution in [2.75, 3.05) is 62.2 Å². The van der Waals surface area contributed by atoms with Gasteiger partial charge in [0.2, 0.25) is 10.1 Å². The second kappa shape index (κ2) is 12.9. The lowest BCUT2D eigenvalue weighted by Gasteiger charge is -2.40. The van der Waals surface area contributed by atoms with Gasteiger partial charge in [-0.1, -0.05) is 6.58 Å². The van der Waals surface area contributed by atoms with Crippen LogP contribution < -0.4 is 9.80 Å². The first-order chi connectivity index (χ1) is 19.3. The fraction of sp³-hybridized carbons (Fsp3) is 0.724. The van der Waals surface area contributed by atoms with Gasteiger partial charge >= 0.3 is 0 Å². The molecule has 1 saturated carbocycles. The molecule has 4 heterocycles. The molecule has 11 heteroatoms. The van der Waals surface area contributed by atoms with E-state index in [-0.39, 0.29) is 17.8 Å². The molecule has 1 amide bonds. The summed E-state index contributed by atoms with van der Waals surface area (Å²) in [5.41, 5.74) is 0. The van der Waals surface area contributed by atoms with Crippen molar-refractivity contribution in [2.24, 2.45) is 10.9 Å². The number of piperidine rings is 1. The fourth-order valence-electron chi connectivity index (χ4n) is 6.61. The first-order valence-electron chi connectivity index (χ1n) is 14.9. The number of anilines is 2. The Kier molecular flexibility index (Phi) is 9.49. The van der Waals surface area contributed by atoms with Crippen LogP contribution in [-0.2, 0) is 4.79 Å². The summed E-state index contributed by atoms with van der Waals surface area (Å²) in [6, 6.07) is 3.87. The van der Waals surface area contributed by atoms with Gasteiger partial charge in [-0.25, -0.2) is 14.4 Å². The third-order valence-corrected chi connectivity index (χ3v) is 9.67. The number of likely N-dealkylation sites (N-methyl/N-ethyl adjacent to an activating group) is 1. The van der Waals surface area contributed by atoms with Gasteiger partial charge in [-0.3, -0.25) is 14.7 Å². The molecule has 1 aromatic rings. The predicted octanol–water partition coefficient (Wildman–Crippen LogP) is 3.90. The number of piperazine rings is 1. The van der Waals surface area contributed by atoms with E-state index in [1.165, 1.54) is 18.9 Å². The van der Waals surface area contributed by atoms with E-state index < -0.39 is 4.18 Å². The van der Waals surface area contributed by atoms with Crippen LogP contribution in [0, 0.1) is 5.92 Å². The SMILES string of the molecule is C=CC(=O)N1CCN([C@@H](C)CN(CC)c2cc(N3CCC([C@H]4[C@@H](C)N=CN4C4CC4)CC3)nc(C(F)I)n2)CC1. The lowest BCUT2D eigenvalue weighted by molar-refractivity contribution is -0.127. The van der Waals surface area contributed by atoms with Crippen molar-refractivity contribution in [3.8, 4) is 0 Å². The lowest BCUT2D eigenvalue weighted by Crippen LogP contribution is -2.53. The van der Waals surface area contributed by atoms with Crippen molar-refractivity contribution < 1.29 is 9.18 Å². The second-order valence-corrected chi connectivity index (χ2v) is 12.8. The minimum absolute atomic E-state index is 0.00142. The highest BCUT2D eigenvalue weighted by molar-refractivity contribution is 14.1. The third kappa shape index (κ3) is 6.55. The van der Waals surface area contributed by atoms with Gasteiger partial charge in [-0.05, 0) is 81.0 Å². The molecule has 4 atom stereocenters. The van der Waals surface area contributed by atoms with E-state index in [1.54, 1.807) is 22.6 Å². The number of aromatic nitrogens is 2. The summed E-state index contributed by atoms with van der Waals surface area (Å²) in [5, 5.41) is 0. The largest absolute Gasteiger partial charge is 0.356 e. The highest BCUT2D eigenvalue weighted by Crippen LogP contribution is 2.38. The molecule has 1 aromatic heterocycles. The van der Waals surface area contributed by atoms with Gasteiger partial charge in [0.25, 0.3) is 0 Å². The molecule has 3 fully saturated rings. The Hall–Kier alpha value is -2.02. The van der Waals surface area contributed by atoms with Crippen LogP contribution in [0.1, 0.15) is 56.5 Å². The van der Waals surface area contributed by atoms with Gasteiger partial charge in [0.1, 0.15) is 11.6 Å². The molecule has 3 aliphatic heterocycles. The fourth-order valence-corrected chi connectivity index (χ4v) is 6.89. The maximum absolute atomic E-state index is 14.6. The van der Waals surface area contributed by atoms with Crippen LogP contribution in [0.2, 0.25) is 0 Å². The van der Waals surface area contributed by atoms with Crippen molar-refractivity contribution >= 4 is 46.5 Å². The molecule has 1 unspecified atom stereocenters. The number of aliphatic imine (C=N–C) groups is 1. The molecular formula is C29H44FIN8O. The van der Waals surface area contributed by atoms with Gasteiger partial charge in [0, 0.05) is 70.5 Å². The first kappa shape index (κ1) is 29.5. The first-order valence-corrected chi connectivity index (χ1v) is 16.2. The molecular weight excluding hydrogens is 622 g/mol. The Morgan fingerprint density at radius 1 is 1.18 bits per heavy atom. The monoisotopic (exact) mass is 666 g/mol. The number of carbonyl (C=O) groups excluding carboxylic acids is 1. The zero-order valence-corrected chi connectivity index (χ0v) is 26.3. The van der Waals surface area contributed by atoms with E-state index in [2.05, 4.69) is 69.3 Å². The summed E-state index contributed by atoms with van der Waals surface area (Å²) >= 11 is 1.77. The molecule has 5 rings (SSSR count). The number of hydrogen-bond donors (Lipinski definition) is 0. The molecule has 0 radical (unpaired) electrons. The minimum Gasteiger partial charge on any atom is -0.356 e. The van der Waals surface area contributed by atoms with E-state index >= 15 is 0 Å². The maximum atomic E-state index is 14.6. The smallest absolute Gasteiger partial charge is 0.246 e. The van der Waals surface area contributed by atoms with Crippen LogP contribution in [0.3, 0.4) is 0 Å². The van der Waals surface area contributed by atoms with E-state index in [9.17, 15) is 9.18 Å². The van der Waals surface area contributed by atoms with Crippen LogP contribution >= 0.6 is 22.6 Å². The maximum Gasteiger partial charge on any atom is 0.246 e. The Bertz CT molecular complexity index is 1070. The van der Waals surface area contributed by atoms with E-state index in [1.807, 2.05) is 4.90 Å². The molecule has 2 saturated heterocycles. The Morgan fingerprint density at radius 3 is 2.48 bits per heavy atom. The van der Waals surface area contributed by atoms with Gasteiger partial charge in [0.15, 0.2) is 5.82 Å². The zero-order chi connectivity index (χ0) is 28.4. The van der Waals surface area contributed by atoms with E-state index in [0.29, 0.717) is 37.1 Å². The predicted molar refractivity (Wildman–Crippen MR) is 167 cm³/mol. The Balaban J connectivity index is 1.24. The van der Waals surface area contributed by atoms with Crippen LogP contribution in [-0.4, -0.2) is 113 Å². The number of alkyl halides is 2. The molecule has 220 valence electrons. The average molecular weight is 667 g/mol. The van der Waals surface area contributed by atoms with Gasteiger partial charge in [-0.2, -0.15) is 0 Å². The van der Waals surface area contributed by atoms with Crippen LogP contribution in [0.5, 0.6) is 0 Å². The van der Waals surface area contributed by atoms with Crippen LogP contribution in [0.15, 0.2) is 23.7 Å². The van der Waals surface area contributed by atoms with Crippen LogP contribution in [0.25, 0.3) is 0 Å². The number of carbonyl (C=O) groups is 1. The summed E-state index contributed by atoms with van der Waals surface area (Å²) in [7, 11) is 0. The standard InChI is InChI=1S/C29H44FIN8O/c1-5-26(40)38-15-13-36(14-16-38)20(3)18-35(6-2)24-17-25(34-29(33-24)28(30)31)37-11-9-22(10-12-37)27-21(4)32-19-39(27)23-7-8-23/h5,17,19-23,27-28H,1,6-16,18H2,2-4H3/t20-,21+,27+,28?/m0/s1. The normalized spacial score (nSPS) is 25.8. The summed E-state index contributed by atoms with van der Waals surface area (Å²) in [5.74, 6) is 2.47. The minimum atomic E-state index is -1.26. The number of rotatable bonds is 10. The number of nitrogens with zero attached hydrogens (tertiary/aromatic N) is 8. The van der Waals surface area contributed by atoms with Crippen molar-refractivity contribution in [1.82, 2.24) is 24.7 Å². The highest BCUT2D eigenvalue weighted by Gasteiger charge is 2.42. The second-order valence-electron chi connectivity index (χ2n) is 11.7. The highest BCUT2D eigenvalue weighted by atomic mass is 127. The lowest BCUT2D eigenvalue weighted by atomic mass is 9.85. The molecule has 0 spiro atoms. The molecule has 9 nitrogen and oxygen atoms in total.